The second-order valence-electron chi connectivity index (χ2n) is 4.49. The van der Waals surface area contributed by atoms with Crippen molar-refractivity contribution in [2.24, 2.45) is 0 Å². The molecule has 0 saturated carbocycles. The predicted molar refractivity (Wildman–Crippen MR) is 81.9 cm³/mol. The third kappa shape index (κ3) is 3.64. The van der Waals surface area contributed by atoms with Crippen LogP contribution >= 0.6 is 0 Å². The monoisotopic (exact) mass is 280 g/mol. The van der Waals surface area contributed by atoms with Crippen molar-refractivity contribution in [1.82, 2.24) is 0 Å². The van der Waals surface area contributed by atoms with E-state index in [0.29, 0.717) is 5.56 Å². The van der Waals surface area contributed by atoms with Crippen molar-refractivity contribution < 1.29 is 14.3 Å². The second-order valence-corrected chi connectivity index (χ2v) is 4.49. The van der Waals surface area contributed by atoms with Gasteiger partial charge in [-0.05, 0) is 60.9 Å². The highest BCUT2D eigenvalue weighted by Crippen LogP contribution is 2.17. The first-order chi connectivity index (χ1) is 10.1. The SMILES string of the molecule is COc1ccc(C#CC(=O)c2ccc(OC)cc2C)cc1. The lowest BCUT2D eigenvalue weighted by atomic mass is 10.0. The molecule has 21 heavy (non-hydrogen) atoms. The Labute approximate surface area is 124 Å². The van der Waals surface area contributed by atoms with Crippen molar-refractivity contribution in [2.75, 3.05) is 14.2 Å². The van der Waals surface area contributed by atoms with Gasteiger partial charge in [0.2, 0.25) is 5.78 Å². The molecule has 0 heterocycles. The van der Waals surface area contributed by atoms with Gasteiger partial charge >= 0.3 is 0 Å². The highest BCUT2D eigenvalue weighted by molar-refractivity contribution is 6.10. The Hall–Kier alpha value is -2.73. The van der Waals surface area contributed by atoms with Crippen LogP contribution in [0, 0.1) is 18.8 Å². The fourth-order valence-electron chi connectivity index (χ4n) is 1.89. The molecule has 0 amide bonds. The molecule has 0 aliphatic carbocycles. The molecule has 0 aromatic heterocycles. The molecule has 0 radical (unpaired) electrons. The highest BCUT2D eigenvalue weighted by Gasteiger charge is 2.07. The number of methoxy groups -OCH3 is 2. The zero-order chi connectivity index (χ0) is 15.2. The van der Waals surface area contributed by atoms with Crippen LogP contribution in [0.2, 0.25) is 0 Å². The summed E-state index contributed by atoms with van der Waals surface area (Å²) in [4.78, 5) is 12.1. The summed E-state index contributed by atoms with van der Waals surface area (Å²) >= 11 is 0. The maximum atomic E-state index is 12.1. The number of hydrogen-bond donors (Lipinski definition) is 0. The predicted octanol–water partition coefficient (Wildman–Crippen LogP) is 3.25. The summed E-state index contributed by atoms with van der Waals surface area (Å²) in [6.07, 6.45) is 0. The van der Waals surface area contributed by atoms with E-state index in [4.69, 9.17) is 9.47 Å². The molecule has 0 aliphatic rings. The maximum absolute atomic E-state index is 12.1. The molecular formula is C18H16O3. The van der Waals surface area contributed by atoms with Crippen LogP contribution in [0.3, 0.4) is 0 Å². The molecule has 2 rings (SSSR count). The van der Waals surface area contributed by atoms with E-state index in [0.717, 1.165) is 22.6 Å². The molecule has 3 heteroatoms. The smallest absolute Gasteiger partial charge is 0.236 e. The van der Waals surface area contributed by atoms with Crippen LogP contribution in [0.5, 0.6) is 11.5 Å². The molecular weight excluding hydrogens is 264 g/mol. The molecule has 0 atom stereocenters. The number of benzene rings is 2. The van der Waals surface area contributed by atoms with Crippen LogP contribution in [-0.4, -0.2) is 20.0 Å². The van der Waals surface area contributed by atoms with Gasteiger partial charge in [-0.25, -0.2) is 0 Å². The van der Waals surface area contributed by atoms with Crippen molar-refractivity contribution in [3.63, 3.8) is 0 Å². The van der Waals surface area contributed by atoms with Gasteiger partial charge < -0.3 is 9.47 Å². The van der Waals surface area contributed by atoms with Crippen molar-refractivity contribution in [1.29, 1.82) is 0 Å². The first kappa shape index (κ1) is 14.7. The van der Waals surface area contributed by atoms with Crippen LogP contribution in [0.4, 0.5) is 0 Å². The minimum absolute atomic E-state index is 0.203. The van der Waals surface area contributed by atoms with E-state index < -0.39 is 0 Å². The molecule has 0 bridgehead atoms. The normalized spacial score (nSPS) is 9.48. The van der Waals surface area contributed by atoms with E-state index in [1.54, 1.807) is 26.4 Å². The molecule has 2 aromatic carbocycles. The largest absolute Gasteiger partial charge is 0.497 e. The van der Waals surface area contributed by atoms with Crippen LogP contribution in [0.25, 0.3) is 0 Å². The number of Topliss-reactive ketones (excluding diaryl/α,β-unsaturated/α-hetero) is 1. The van der Waals surface area contributed by atoms with Gasteiger partial charge in [0.15, 0.2) is 0 Å². The van der Waals surface area contributed by atoms with Crippen LogP contribution < -0.4 is 9.47 Å². The fourth-order valence-corrected chi connectivity index (χ4v) is 1.89. The summed E-state index contributed by atoms with van der Waals surface area (Å²) in [6, 6.07) is 12.6. The minimum atomic E-state index is -0.203. The average Bonchev–Trinajstić information content (AvgIpc) is 2.52. The van der Waals surface area contributed by atoms with Gasteiger partial charge in [-0.15, -0.1) is 0 Å². The van der Waals surface area contributed by atoms with Gasteiger partial charge in [0.1, 0.15) is 11.5 Å². The summed E-state index contributed by atoms with van der Waals surface area (Å²) in [5.41, 5.74) is 2.22. The van der Waals surface area contributed by atoms with E-state index in [9.17, 15) is 4.79 Å². The molecule has 0 N–H and O–H groups in total. The van der Waals surface area contributed by atoms with E-state index >= 15 is 0 Å². The van der Waals surface area contributed by atoms with Gasteiger partial charge in [0.25, 0.3) is 0 Å². The van der Waals surface area contributed by atoms with Gasteiger partial charge in [0.05, 0.1) is 14.2 Å². The zero-order valence-electron chi connectivity index (χ0n) is 12.3. The molecule has 3 nitrogen and oxygen atoms in total. The third-order valence-corrected chi connectivity index (χ3v) is 3.09. The molecule has 0 unspecified atom stereocenters. The van der Waals surface area contributed by atoms with Crippen LogP contribution in [0.1, 0.15) is 21.5 Å². The number of ketones is 1. The molecule has 106 valence electrons. The maximum Gasteiger partial charge on any atom is 0.236 e. The van der Waals surface area contributed by atoms with E-state index in [1.807, 2.05) is 37.3 Å². The fraction of sp³-hybridized carbons (Fsp3) is 0.167. The number of carbonyl (C=O) groups is 1. The number of carbonyl (C=O) groups excluding carboxylic acids is 1. The minimum Gasteiger partial charge on any atom is -0.497 e. The number of hydrogen-bond acceptors (Lipinski definition) is 3. The quantitative estimate of drug-likeness (QED) is 0.639. The van der Waals surface area contributed by atoms with Crippen LogP contribution in [-0.2, 0) is 0 Å². The topological polar surface area (TPSA) is 35.5 Å². The second kappa shape index (κ2) is 6.62. The molecule has 0 fully saturated rings. The lowest BCUT2D eigenvalue weighted by Crippen LogP contribution is -1.99. The lowest BCUT2D eigenvalue weighted by Gasteiger charge is -2.04. The van der Waals surface area contributed by atoms with E-state index in [-0.39, 0.29) is 5.78 Å². The summed E-state index contributed by atoms with van der Waals surface area (Å²) in [5.74, 6) is 6.81. The van der Waals surface area contributed by atoms with Crippen molar-refractivity contribution in [2.45, 2.75) is 6.92 Å². The summed E-state index contributed by atoms with van der Waals surface area (Å²) in [6.45, 7) is 1.87. The first-order valence-corrected chi connectivity index (χ1v) is 6.49. The Morgan fingerprint density at radius 3 is 2.14 bits per heavy atom. The Morgan fingerprint density at radius 2 is 1.57 bits per heavy atom. The Bertz CT molecular complexity index is 703. The van der Waals surface area contributed by atoms with Gasteiger partial charge in [-0.3, -0.25) is 4.79 Å². The molecule has 2 aromatic rings. The first-order valence-electron chi connectivity index (χ1n) is 6.49. The van der Waals surface area contributed by atoms with E-state index in [1.165, 1.54) is 0 Å². The van der Waals surface area contributed by atoms with Crippen molar-refractivity contribution in [3.05, 3.63) is 59.2 Å². The summed E-state index contributed by atoms with van der Waals surface area (Å²) < 4.78 is 10.2. The molecule has 0 saturated heterocycles. The zero-order valence-corrected chi connectivity index (χ0v) is 12.3. The van der Waals surface area contributed by atoms with Crippen molar-refractivity contribution >= 4 is 5.78 Å². The van der Waals surface area contributed by atoms with Gasteiger partial charge in [-0.1, -0.05) is 5.92 Å². The Kier molecular flexibility index (Phi) is 4.63. The summed E-state index contributed by atoms with van der Waals surface area (Å²) in [7, 11) is 3.20. The molecule has 0 spiro atoms. The average molecular weight is 280 g/mol. The van der Waals surface area contributed by atoms with Gasteiger partial charge in [-0.2, -0.15) is 0 Å². The molecule has 0 aliphatic heterocycles. The van der Waals surface area contributed by atoms with Crippen molar-refractivity contribution in [3.8, 4) is 23.3 Å². The number of rotatable bonds is 3. The lowest BCUT2D eigenvalue weighted by molar-refractivity contribution is 0.105. The Morgan fingerprint density at radius 1 is 0.952 bits per heavy atom. The van der Waals surface area contributed by atoms with Gasteiger partial charge in [0, 0.05) is 11.1 Å². The summed E-state index contributed by atoms with van der Waals surface area (Å²) in [5, 5.41) is 0. The highest BCUT2D eigenvalue weighted by atomic mass is 16.5. The Balaban J connectivity index is 2.19. The number of ether oxygens (including phenoxy) is 2. The van der Waals surface area contributed by atoms with E-state index in [2.05, 4.69) is 11.8 Å². The third-order valence-electron chi connectivity index (χ3n) is 3.09. The van der Waals surface area contributed by atoms with Crippen LogP contribution in [0.15, 0.2) is 42.5 Å². The number of aryl methyl sites for hydroxylation is 1. The standard InChI is InChI=1S/C18H16O3/c1-13-12-16(21-3)9-10-17(13)18(19)11-6-14-4-7-15(20-2)8-5-14/h4-5,7-10,12H,1-3H3.